The van der Waals surface area contributed by atoms with Crippen LogP contribution in [-0.2, 0) is 21.2 Å². The van der Waals surface area contributed by atoms with Crippen LogP contribution in [0.15, 0.2) is 58.9 Å². The van der Waals surface area contributed by atoms with Gasteiger partial charge in [-0.05, 0) is 42.0 Å². The van der Waals surface area contributed by atoms with Crippen molar-refractivity contribution in [3.05, 3.63) is 66.1 Å². The second kappa shape index (κ2) is 7.22. The van der Waals surface area contributed by atoms with Crippen molar-refractivity contribution in [1.82, 2.24) is 4.98 Å². The van der Waals surface area contributed by atoms with Crippen LogP contribution in [0.25, 0.3) is 10.6 Å². The minimum absolute atomic E-state index is 0.0198. The fourth-order valence-corrected chi connectivity index (χ4v) is 4.37. The van der Waals surface area contributed by atoms with Gasteiger partial charge in [-0.1, -0.05) is 12.1 Å². The zero-order chi connectivity index (χ0) is 18.7. The van der Waals surface area contributed by atoms with E-state index < -0.39 is 16.0 Å². The molecule has 0 atom stereocenters. The molecule has 2 N–H and O–H groups in total. The van der Waals surface area contributed by atoms with Crippen LogP contribution >= 0.6 is 11.3 Å². The maximum absolute atomic E-state index is 13.0. The number of anilines is 1. The molecule has 3 aromatic rings. The lowest BCUT2D eigenvalue weighted by Gasteiger charge is -2.06. The molecule has 2 aromatic carbocycles. The first-order chi connectivity index (χ1) is 12.3. The second-order valence-corrected chi connectivity index (χ2v) is 8.30. The predicted molar refractivity (Wildman–Crippen MR) is 96.1 cm³/mol. The first-order valence-electron chi connectivity index (χ1n) is 7.39. The SMILES string of the molecule is O=C(O)Cc1ccc(NS(=O)(=O)c2cnc(-c3ccc(F)cc3)s2)cc1. The van der Waals surface area contributed by atoms with Crippen molar-refractivity contribution >= 4 is 33.0 Å². The van der Waals surface area contributed by atoms with Gasteiger partial charge in [-0.25, -0.2) is 17.8 Å². The molecule has 0 fully saturated rings. The summed E-state index contributed by atoms with van der Waals surface area (Å²) in [5, 5.41) is 9.21. The minimum Gasteiger partial charge on any atom is -0.481 e. The number of rotatable bonds is 6. The molecule has 0 saturated heterocycles. The van der Waals surface area contributed by atoms with Crippen molar-refractivity contribution in [2.45, 2.75) is 10.6 Å². The monoisotopic (exact) mass is 392 g/mol. The number of thiazole rings is 1. The molecule has 26 heavy (non-hydrogen) atoms. The van der Waals surface area contributed by atoms with Crippen LogP contribution < -0.4 is 4.72 Å². The Morgan fingerprint density at radius 1 is 1.12 bits per heavy atom. The van der Waals surface area contributed by atoms with Gasteiger partial charge in [0, 0.05) is 11.3 Å². The number of hydrogen-bond acceptors (Lipinski definition) is 5. The Bertz CT molecular complexity index is 1030. The second-order valence-electron chi connectivity index (χ2n) is 5.36. The Labute approximate surface area is 153 Å². The van der Waals surface area contributed by atoms with Crippen molar-refractivity contribution in [3.63, 3.8) is 0 Å². The first-order valence-corrected chi connectivity index (χ1v) is 9.69. The Kier molecular flexibility index (Phi) is 5.01. The normalized spacial score (nSPS) is 11.3. The van der Waals surface area contributed by atoms with E-state index in [1.165, 1.54) is 42.6 Å². The van der Waals surface area contributed by atoms with Crippen molar-refractivity contribution in [2.75, 3.05) is 4.72 Å². The van der Waals surface area contributed by atoms with Gasteiger partial charge in [0.2, 0.25) is 0 Å². The molecule has 0 bridgehead atoms. The van der Waals surface area contributed by atoms with E-state index in [-0.39, 0.29) is 16.4 Å². The molecule has 0 amide bonds. The van der Waals surface area contributed by atoms with E-state index in [0.717, 1.165) is 11.3 Å². The number of benzene rings is 2. The van der Waals surface area contributed by atoms with Crippen LogP contribution in [0, 0.1) is 5.82 Å². The molecule has 0 aliphatic heterocycles. The number of nitrogens with zero attached hydrogens (tertiary/aromatic N) is 1. The molecule has 0 spiro atoms. The highest BCUT2D eigenvalue weighted by Crippen LogP contribution is 2.29. The maximum atomic E-state index is 13.0. The summed E-state index contributed by atoms with van der Waals surface area (Å²) in [6, 6.07) is 11.7. The summed E-state index contributed by atoms with van der Waals surface area (Å²) >= 11 is 0.968. The van der Waals surface area contributed by atoms with Gasteiger partial charge < -0.3 is 5.11 Å². The number of carboxylic acids is 1. The molecule has 6 nitrogen and oxygen atoms in total. The molecule has 0 saturated carbocycles. The van der Waals surface area contributed by atoms with E-state index >= 15 is 0 Å². The average molecular weight is 392 g/mol. The first kappa shape index (κ1) is 18.0. The zero-order valence-electron chi connectivity index (χ0n) is 13.2. The quantitative estimate of drug-likeness (QED) is 0.670. The largest absolute Gasteiger partial charge is 0.481 e. The molecule has 1 heterocycles. The number of halogens is 1. The summed E-state index contributed by atoms with van der Waals surface area (Å²) in [7, 11) is -3.83. The van der Waals surface area contributed by atoms with E-state index in [4.69, 9.17) is 5.11 Å². The van der Waals surface area contributed by atoms with Gasteiger partial charge in [0.25, 0.3) is 10.0 Å². The van der Waals surface area contributed by atoms with E-state index in [2.05, 4.69) is 9.71 Å². The summed E-state index contributed by atoms with van der Waals surface area (Å²) in [6.07, 6.45) is 1.10. The number of hydrogen-bond donors (Lipinski definition) is 2. The lowest BCUT2D eigenvalue weighted by Crippen LogP contribution is -2.11. The van der Waals surface area contributed by atoms with Crippen molar-refractivity contribution in [3.8, 4) is 10.6 Å². The zero-order valence-corrected chi connectivity index (χ0v) is 14.8. The number of carboxylic acid groups (broad SMARTS) is 1. The summed E-state index contributed by atoms with van der Waals surface area (Å²) in [5.74, 6) is -1.34. The van der Waals surface area contributed by atoms with E-state index in [0.29, 0.717) is 21.8 Å². The summed E-state index contributed by atoms with van der Waals surface area (Å²) < 4.78 is 40.4. The number of nitrogens with one attached hydrogen (secondary N) is 1. The van der Waals surface area contributed by atoms with Crippen molar-refractivity contribution in [1.29, 1.82) is 0 Å². The number of aliphatic carboxylic acids is 1. The molecule has 0 radical (unpaired) electrons. The van der Waals surface area contributed by atoms with E-state index in [9.17, 15) is 17.6 Å². The topological polar surface area (TPSA) is 96.4 Å². The molecular weight excluding hydrogens is 379 g/mol. The van der Waals surface area contributed by atoms with Crippen LogP contribution in [0.1, 0.15) is 5.56 Å². The fourth-order valence-electron chi connectivity index (χ4n) is 2.18. The third-order valence-corrected chi connectivity index (χ3v) is 6.29. The van der Waals surface area contributed by atoms with E-state index in [1.54, 1.807) is 12.1 Å². The molecule has 1 aromatic heterocycles. The van der Waals surface area contributed by atoms with Crippen LogP contribution in [0.2, 0.25) is 0 Å². The van der Waals surface area contributed by atoms with Gasteiger partial charge in [0.15, 0.2) is 4.21 Å². The summed E-state index contributed by atoms with van der Waals surface area (Å²) in [6.45, 7) is 0. The Balaban J connectivity index is 1.78. The Morgan fingerprint density at radius 3 is 2.38 bits per heavy atom. The average Bonchev–Trinajstić information content (AvgIpc) is 3.08. The summed E-state index contributed by atoms with van der Waals surface area (Å²) in [5.41, 5.74) is 1.50. The predicted octanol–water partition coefficient (Wildman–Crippen LogP) is 3.38. The minimum atomic E-state index is -3.83. The highest BCUT2D eigenvalue weighted by molar-refractivity contribution is 7.94. The molecule has 3 rings (SSSR count). The number of aromatic nitrogens is 1. The van der Waals surface area contributed by atoms with Crippen molar-refractivity contribution < 1.29 is 22.7 Å². The van der Waals surface area contributed by atoms with Gasteiger partial charge in [-0.15, -0.1) is 11.3 Å². The van der Waals surface area contributed by atoms with Gasteiger partial charge in [-0.2, -0.15) is 0 Å². The van der Waals surface area contributed by atoms with Crippen LogP contribution in [0.3, 0.4) is 0 Å². The maximum Gasteiger partial charge on any atom is 0.307 e. The summed E-state index contributed by atoms with van der Waals surface area (Å²) in [4.78, 5) is 14.7. The lowest BCUT2D eigenvalue weighted by atomic mass is 10.1. The van der Waals surface area contributed by atoms with Gasteiger partial charge in [0.1, 0.15) is 10.8 Å². The third kappa shape index (κ3) is 4.24. The fraction of sp³-hybridized carbons (Fsp3) is 0.0588. The van der Waals surface area contributed by atoms with Crippen molar-refractivity contribution in [2.24, 2.45) is 0 Å². The number of carbonyl (C=O) groups is 1. The standard InChI is InChI=1S/C17H13FN2O4S2/c18-13-5-3-12(4-6-13)17-19-10-16(25-17)26(23,24)20-14-7-1-11(2-8-14)9-15(21)22/h1-8,10,20H,9H2,(H,21,22). The highest BCUT2D eigenvalue weighted by Gasteiger charge is 2.19. The Hall–Kier alpha value is -2.78. The van der Waals surface area contributed by atoms with Crippen LogP contribution in [-0.4, -0.2) is 24.5 Å². The molecule has 9 heteroatoms. The van der Waals surface area contributed by atoms with Crippen LogP contribution in [0.4, 0.5) is 10.1 Å². The van der Waals surface area contributed by atoms with E-state index in [1.807, 2.05) is 0 Å². The molecular formula is C17H13FN2O4S2. The smallest absolute Gasteiger partial charge is 0.307 e. The number of sulfonamides is 1. The third-order valence-electron chi connectivity index (χ3n) is 3.40. The molecule has 0 aliphatic carbocycles. The van der Waals surface area contributed by atoms with Gasteiger partial charge >= 0.3 is 5.97 Å². The highest BCUT2D eigenvalue weighted by atomic mass is 32.2. The molecule has 134 valence electrons. The molecule has 0 unspecified atom stereocenters. The lowest BCUT2D eigenvalue weighted by molar-refractivity contribution is -0.136. The molecule has 0 aliphatic rings. The van der Waals surface area contributed by atoms with Gasteiger partial charge in [-0.3, -0.25) is 9.52 Å². The van der Waals surface area contributed by atoms with Gasteiger partial charge in [0.05, 0.1) is 12.6 Å². The van der Waals surface area contributed by atoms with Crippen LogP contribution in [0.5, 0.6) is 0 Å². The Morgan fingerprint density at radius 2 is 1.77 bits per heavy atom.